The molecule has 1 atom stereocenters. The number of aromatic amines is 1. The van der Waals surface area contributed by atoms with E-state index in [1.54, 1.807) is 0 Å². The summed E-state index contributed by atoms with van der Waals surface area (Å²) in [6.07, 6.45) is 3.91. The lowest BCUT2D eigenvalue weighted by Gasteiger charge is -2.15. The summed E-state index contributed by atoms with van der Waals surface area (Å²) < 4.78 is 22.1. The number of rotatable bonds is 6. The molecule has 1 aromatic rings. The Morgan fingerprint density at radius 1 is 1.50 bits per heavy atom. The van der Waals surface area contributed by atoms with Gasteiger partial charge in [0.2, 0.25) is 0 Å². The first-order valence-corrected chi connectivity index (χ1v) is 8.13. The number of hydrogen-bond donors (Lipinski definition) is 2. The molecule has 102 valence electrons. The summed E-state index contributed by atoms with van der Waals surface area (Å²) in [5.41, 5.74) is 0.198. The number of amides is 1. The standard InChI is InChI=1S/C11H17ClN2O3S/c1-3-5-8(4-2)14-11(15)10-6-9(7-13-10)18(12,16)17/h6-8,13H,3-5H2,1-2H3,(H,14,15). The van der Waals surface area contributed by atoms with Gasteiger partial charge in [-0.2, -0.15) is 0 Å². The predicted molar refractivity (Wildman–Crippen MR) is 70.3 cm³/mol. The highest BCUT2D eigenvalue weighted by atomic mass is 35.7. The minimum atomic E-state index is -3.80. The summed E-state index contributed by atoms with van der Waals surface area (Å²) in [5, 5.41) is 2.84. The van der Waals surface area contributed by atoms with Crippen LogP contribution in [-0.2, 0) is 9.05 Å². The molecule has 0 saturated heterocycles. The van der Waals surface area contributed by atoms with Crippen molar-refractivity contribution >= 4 is 25.6 Å². The van der Waals surface area contributed by atoms with E-state index >= 15 is 0 Å². The van der Waals surface area contributed by atoms with Gasteiger partial charge in [0.05, 0.1) is 0 Å². The van der Waals surface area contributed by atoms with Gasteiger partial charge in [0, 0.05) is 22.9 Å². The molecule has 1 rings (SSSR count). The number of aromatic nitrogens is 1. The molecular formula is C11H17ClN2O3S. The van der Waals surface area contributed by atoms with Gasteiger partial charge in [0.15, 0.2) is 0 Å². The molecule has 1 unspecified atom stereocenters. The van der Waals surface area contributed by atoms with Gasteiger partial charge >= 0.3 is 0 Å². The van der Waals surface area contributed by atoms with Gasteiger partial charge in [-0.05, 0) is 18.9 Å². The molecule has 2 N–H and O–H groups in total. The molecule has 1 heterocycles. The zero-order valence-corrected chi connectivity index (χ0v) is 11.9. The molecule has 0 bridgehead atoms. The fourth-order valence-corrected chi connectivity index (χ4v) is 2.36. The first-order chi connectivity index (χ1) is 8.38. The Kier molecular flexibility index (Phi) is 5.22. The van der Waals surface area contributed by atoms with Crippen molar-refractivity contribution in [3.63, 3.8) is 0 Å². The van der Waals surface area contributed by atoms with Crippen LogP contribution in [0.25, 0.3) is 0 Å². The van der Waals surface area contributed by atoms with E-state index in [4.69, 9.17) is 10.7 Å². The van der Waals surface area contributed by atoms with Crippen molar-refractivity contribution in [3.8, 4) is 0 Å². The monoisotopic (exact) mass is 292 g/mol. The van der Waals surface area contributed by atoms with Crippen molar-refractivity contribution in [2.24, 2.45) is 0 Å². The number of H-pyrrole nitrogens is 1. The van der Waals surface area contributed by atoms with Crippen molar-refractivity contribution in [3.05, 3.63) is 18.0 Å². The minimum absolute atomic E-state index is 0.0989. The van der Waals surface area contributed by atoms with E-state index in [9.17, 15) is 13.2 Å². The lowest BCUT2D eigenvalue weighted by molar-refractivity contribution is 0.0929. The summed E-state index contributed by atoms with van der Waals surface area (Å²) in [5.74, 6) is -0.318. The molecule has 0 aliphatic heterocycles. The largest absolute Gasteiger partial charge is 0.356 e. The highest BCUT2D eigenvalue weighted by Gasteiger charge is 2.17. The molecule has 5 nitrogen and oxygen atoms in total. The van der Waals surface area contributed by atoms with Crippen LogP contribution in [0.1, 0.15) is 43.6 Å². The van der Waals surface area contributed by atoms with Crippen LogP contribution >= 0.6 is 10.7 Å². The molecule has 0 saturated carbocycles. The average molecular weight is 293 g/mol. The number of halogens is 1. The third-order valence-corrected chi connectivity index (χ3v) is 3.98. The zero-order valence-electron chi connectivity index (χ0n) is 10.4. The van der Waals surface area contributed by atoms with Gasteiger partial charge in [0.25, 0.3) is 15.0 Å². The first kappa shape index (κ1) is 15.0. The number of carbonyl (C=O) groups excluding carboxylic acids is 1. The van der Waals surface area contributed by atoms with Crippen LogP contribution in [-0.4, -0.2) is 25.4 Å². The van der Waals surface area contributed by atoms with Crippen molar-refractivity contribution in [2.75, 3.05) is 0 Å². The van der Waals surface area contributed by atoms with Crippen molar-refractivity contribution in [1.29, 1.82) is 0 Å². The quantitative estimate of drug-likeness (QED) is 0.789. The smallest absolute Gasteiger partial charge is 0.267 e. The van der Waals surface area contributed by atoms with E-state index in [0.29, 0.717) is 0 Å². The molecule has 7 heteroatoms. The van der Waals surface area contributed by atoms with Crippen LogP contribution in [0.4, 0.5) is 0 Å². The Balaban J connectivity index is 2.76. The molecule has 0 spiro atoms. The third kappa shape index (κ3) is 4.03. The van der Waals surface area contributed by atoms with E-state index in [1.165, 1.54) is 12.3 Å². The summed E-state index contributed by atoms with van der Waals surface area (Å²) in [7, 11) is 1.38. The number of hydrogen-bond acceptors (Lipinski definition) is 3. The number of nitrogens with one attached hydrogen (secondary N) is 2. The predicted octanol–water partition coefficient (Wildman–Crippen LogP) is 2.25. The van der Waals surface area contributed by atoms with Crippen LogP contribution in [0.3, 0.4) is 0 Å². The number of carbonyl (C=O) groups is 1. The highest BCUT2D eigenvalue weighted by Crippen LogP contribution is 2.15. The van der Waals surface area contributed by atoms with E-state index < -0.39 is 9.05 Å². The van der Waals surface area contributed by atoms with Crippen LogP contribution < -0.4 is 5.32 Å². The fourth-order valence-electron chi connectivity index (χ4n) is 1.64. The summed E-state index contributed by atoms with van der Waals surface area (Å²) in [6.45, 7) is 4.03. The molecule has 0 aliphatic rings. The van der Waals surface area contributed by atoms with Crippen molar-refractivity contribution in [1.82, 2.24) is 10.3 Å². The second-order valence-corrected chi connectivity index (χ2v) is 6.62. The second-order valence-electron chi connectivity index (χ2n) is 4.05. The molecule has 0 radical (unpaired) electrons. The minimum Gasteiger partial charge on any atom is -0.356 e. The SMILES string of the molecule is CCCC(CC)NC(=O)c1cc(S(=O)(=O)Cl)c[nH]1. The highest BCUT2D eigenvalue weighted by molar-refractivity contribution is 8.13. The van der Waals surface area contributed by atoms with E-state index in [-0.39, 0.29) is 22.5 Å². The lowest BCUT2D eigenvalue weighted by Crippen LogP contribution is -2.34. The topological polar surface area (TPSA) is 79.0 Å². The molecule has 0 aromatic carbocycles. The lowest BCUT2D eigenvalue weighted by atomic mass is 10.1. The third-order valence-electron chi connectivity index (χ3n) is 2.65. The fraction of sp³-hybridized carbons (Fsp3) is 0.545. The normalized spacial score (nSPS) is 13.3. The van der Waals surface area contributed by atoms with Gasteiger partial charge in [-0.25, -0.2) is 8.42 Å². The first-order valence-electron chi connectivity index (χ1n) is 5.82. The maximum Gasteiger partial charge on any atom is 0.267 e. The van der Waals surface area contributed by atoms with Gasteiger partial charge in [0.1, 0.15) is 10.6 Å². The van der Waals surface area contributed by atoms with Crippen LogP contribution in [0.15, 0.2) is 17.2 Å². The zero-order chi connectivity index (χ0) is 13.8. The molecule has 0 fully saturated rings. The van der Waals surface area contributed by atoms with Crippen LogP contribution in [0.5, 0.6) is 0 Å². The van der Waals surface area contributed by atoms with E-state index in [0.717, 1.165) is 19.3 Å². The Hall–Kier alpha value is -1.01. The molecular weight excluding hydrogens is 276 g/mol. The van der Waals surface area contributed by atoms with Crippen LogP contribution in [0.2, 0.25) is 0 Å². The van der Waals surface area contributed by atoms with Gasteiger partial charge in [-0.3, -0.25) is 4.79 Å². The van der Waals surface area contributed by atoms with Crippen LogP contribution in [0, 0.1) is 0 Å². The Bertz CT molecular complexity index is 510. The molecule has 0 aliphatic carbocycles. The van der Waals surface area contributed by atoms with Crippen molar-refractivity contribution in [2.45, 2.75) is 44.0 Å². The molecule has 18 heavy (non-hydrogen) atoms. The second kappa shape index (κ2) is 6.24. The maximum atomic E-state index is 11.8. The van der Waals surface area contributed by atoms with Gasteiger partial charge in [-0.1, -0.05) is 20.3 Å². The van der Waals surface area contributed by atoms with Gasteiger partial charge < -0.3 is 10.3 Å². The Morgan fingerprint density at radius 2 is 2.17 bits per heavy atom. The summed E-state index contributed by atoms with van der Waals surface area (Å²) in [6, 6.07) is 1.33. The molecule has 1 amide bonds. The van der Waals surface area contributed by atoms with Crippen molar-refractivity contribution < 1.29 is 13.2 Å². The Labute approximate surface area is 111 Å². The summed E-state index contributed by atoms with van der Waals surface area (Å²) in [4.78, 5) is 14.4. The summed E-state index contributed by atoms with van der Waals surface area (Å²) >= 11 is 0. The molecule has 1 aromatic heterocycles. The van der Waals surface area contributed by atoms with E-state index in [2.05, 4.69) is 10.3 Å². The average Bonchev–Trinajstić information content (AvgIpc) is 2.77. The van der Waals surface area contributed by atoms with E-state index in [1.807, 2.05) is 13.8 Å². The maximum absolute atomic E-state index is 11.8. The van der Waals surface area contributed by atoms with Gasteiger partial charge in [-0.15, -0.1) is 0 Å². The Morgan fingerprint density at radius 3 is 2.61 bits per heavy atom.